The Morgan fingerprint density at radius 2 is 1.89 bits per heavy atom. The van der Waals surface area contributed by atoms with Crippen molar-refractivity contribution in [2.24, 2.45) is 5.73 Å². The van der Waals surface area contributed by atoms with E-state index in [-0.39, 0.29) is 0 Å². The van der Waals surface area contributed by atoms with E-state index in [0.29, 0.717) is 9.90 Å². The van der Waals surface area contributed by atoms with Gasteiger partial charge in [-0.05, 0) is 29.8 Å². The molecule has 1 heterocycles. The van der Waals surface area contributed by atoms with Crippen LogP contribution in [0, 0.1) is 0 Å². The molecule has 2 aromatic rings. The monoisotopic (exact) mass is 291 g/mol. The molecule has 0 radical (unpaired) electrons. The first-order chi connectivity index (χ1) is 8.38. The largest absolute Gasteiger partial charge is 0.416 e. The van der Waals surface area contributed by atoms with E-state index in [0.717, 1.165) is 17.0 Å². The lowest BCUT2D eigenvalue weighted by molar-refractivity contribution is -0.137. The third kappa shape index (κ3) is 2.85. The Kier molecular flexibility index (Phi) is 3.66. The highest BCUT2D eigenvalue weighted by Gasteiger charge is 2.30. The first kappa shape index (κ1) is 13.4. The number of thiophene rings is 1. The molecule has 18 heavy (non-hydrogen) atoms. The molecule has 0 saturated carbocycles. The Morgan fingerprint density at radius 1 is 1.17 bits per heavy atom. The van der Waals surface area contributed by atoms with Crippen molar-refractivity contribution in [1.29, 1.82) is 0 Å². The molecule has 0 spiro atoms. The number of benzene rings is 1. The Morgan fingerprint density at radius 3 is 2.44 bits per heavy atom. The van der Waals surface area contributed by atoms with E-state index in [9.17, 15) is 13.2 Å². The quantitative estimate of drug-likeness (QED) is 0.868. The molecular weight excluding hydrogens is 283 g/mol. The molecule has 0 aliphatic heterocycles. The summed E-state index contributed by atoms with van der Waals surface area (Å²) in [5, 5.41) is 0. The highest BCUT2D eigenvalue weighted by atomic mass is 35.5. The highest BCUT2D eigenvalue weighted by molar-refractivity contribution is 7.16. The molecule has 0 bridgehead atoms. The summed E-state index contributed by atoms with van der Waals surface area (Å²) in [5.74, 6) is 0. The van der Waals surface area contributed by atoms with E-state index in [1.807, 2.05) is 0 Å². The molecule has 0 aliphatic rings. The fourth-order valence-corrected chi connectivity index (χ4v) is 2.66. The van der Waals surface area contributed by atoms with E-state index in [1.54, 1.807) is 18.2 Å². The maximum absolute atomic E-state index is 12.6. The zero-order valence-electron chi connectivity index (χ0n) is 9.04. The molecule has 0 amide bonds. The minimum atomic E-state index is -4.36. The third-order valence-electron chi connectivity index (χ3n) is 2.47. The number of alkyl halides is 3. The summed E-state index contributed by atoms with van der Waals surface area (Å²) in [7, 11) is 0. The molecule has 1 aromatic carbocycles. The maximum Gasteiger partial charge on any atom is 0.416 e. The summed E-state index contributed by atoms with van der Waals surface area (Å²) in [6.07, 6.45) is -4.36. The molecule has 1 nitrogen and oxygen atoms in total. The van der Waals surface area contributed by atoms with Crippen LogP contribution in [-0.4, -0.2) is 0 Å². The third-order valence-corrected chi connectivity index (χ3v) is 3.79. The molecule has 0 saturated heterocycles. The first-order valence-electron chi connectivity index (χ1n) is 5.06. The fourth-order valence-electron chi connectivity index (χ4n) is 1.57. The van der Waals surface area contributed by atoms with Crippen LogP contribution in [0.4, 0.5) is 13.2 Å². The Balaban J connectivity index is 2.34. The summed E-state index contributed by atoms with van der Waals surface area (Å²) in [6, 6.07) is 7.83. The van der Waals surface area contributed by atoms with Crippen LogP contribution >= 0.6 is 22.9 Å². The van der Waals surface area contributed by atoms with Gasteiger partial charge in [0.05, 0.1) is 15.9 Å². The zero-order valence-corrected chi connectivity index (χ0v) is 10.6. The van der Waals surface area contributed by atoms with Gasteiger partial charge in [-0.1, -0.05) is 23.7 Å². The zero-order chi connectivity index (χ0) is 13.3. The standard InChI is InChI=1S/C12H9ClF3NS/c13-10-5-4-9(18-10)11(17)7-2-1-3-8(6-7)12(14,15)16/h1-6,11H,17H2. The van der Waals surface area contributed by atoms with Gasteiger partial charge in [0, 0.05) is 4.88 Å². The van der Waals surface area contributed by atoms with E-state index >= 15 is 0 Å². The van der Waals surface area contributed by atoms with Gasteiger partial charge in [-0.2, -0.15) is 13.2 Å². The van der Waals surface area contributed by atoms with Crippen molar-refractivity contribution in [2.45, 2.75) is 12.2 Å². The average Bonchev–Trinajstić information content (AvgIpc) is 2.74. The van der Waals surface area contributed by atoms with Crippen molar-refractivity contribution in [3.8, 4) is 0 Å². The lowest BCUT2D eigenvalue weighted by Gasteiger charge is -2.13. The Labute approximate surface area is 111 Å². The van der Waals surface area contributed by atoms with Gasteiger partial charge in [0.15, 0.2) is 0 Å². The molecule has 1 atom stereocenters. The molecule has 96 valence electrons. The molecule has 2 N–H and O–H groups in total. The molecule has 1 aromatic heterocycles. The average molecular weight is 292 g/mol. The van der Waals surface area contributed by atoms with Crippen molar-refractivity contribution < 1.29 is 13.2 Å². The van der Waals surface area contributed by atoms with Crippen LogP contribution in [0.15, 0.2) is 36.4 Å². The topological polar surface area (TPSA) is 26.0 Å². The number of hydrogen-bond donors (Lipinski definition) is 1. The van der Waals surface area contributed by atoms with E-state index in [4.69, 9.17) is 17.3 Å². The van der Waals surface area contributed by atoms with Crippen molar-refractivity contribution in [1.82, 2.24) is 0 Å². The predicted molar refractivity (Wildman–Crippen MR) is 66.8 cm³/mol. The highest BCUT2D eigenvalue weighted by Crippen LogP contribution is 2.33. The van der Waals surface area contributed by atoms with Gasteiger partial charge >= 0.3 is 6.18 Å². The van der Waals surface area contributed by atoms with E-state index < -0.39 is 17.8 Å². The van der Waals surface area contributed by atoms with Crippen LogP contribution in [0.5, 0.6) is 0 Å². The van der Waals surface area contributed by atoms with Crippen LogP contribution in [0.3, 0.4) is 0 Å². The number of halogens is 4. The van der Waals surface area contributed by atoms with E-state index in [1.165, 1.54) is 17.4 Å². The second kappa shape index (κ2) is 4.91. The second-order valence-electron chi connectivity index (χ2n) is 3.74. The molecule has 1 unspecified atom stereocenters. The number of nitrogens with two attached hydrogens (primary N) is 1. The molecular formula is C12H9ClF3NS. The van der Waals surface area contributed by atoms with Crippen molar-refractivity contribution in [3.63, 3.8) is 0 Å². The summed E-state index contributed by atoms with van der Waals surface area (Å²) in [6.45, 7) is 0. The van der Waals surface area contributed by atoms with Gasteiger partial charge in [0.25, 0.3) is 0 Å². The van der Waals surface area contributed by atoms with Gasteiger partial charge in [-0.15, -0.1) is 11.3 Å². The molecule has 6 heteroatoms. The lowest BCUT2D eigenvalue weighted by Crippen LogP contribution is -2.12. The molecule has 2 rings (SSSR count). The first-order valence-corrected chi connectivity index (χ1v) is 6.25. The molecule has 0 aliphatic carbocycles. The minimum absolute atomic E-state index is 0.420. The summed E-state index contributed by atoms with van der Waals surface area (Å²) < 4.78 is 38.3. The normalized spacial score (nSPS) is 13.6. The summed E-state index contributed by atoms with van der Waals surface area (Å²) in [5.41, 5.74) is 5.65. The van der Waals surface area contributed by atoms with Crippen molar-refractivity contribution >= 4 is 22.9 Å². The Bertz CT molecular complexity index is 550. The number of rotatable bonds is 2. The van der Waals surface area contributed by atoms with Crippen molar-refractivity contribution in [3.05, 3.63) is 56.7 Å². The molecule has 0 fully saturated rings. The van der Waals surface area contributed by atoms with Crippen LogP contribution in [-0.2, 0) is 6.18 Å². The van der Waals surface area contributed by atoms with Crippen molar-refractivity contribution in [2.75, 3.05) is 0 Å². The van der Waals surface area contributed by atoms with Gasteiger partial charge in [0.2, 0.25) is 0 Å². The van der Waals surface area contributed by atoms with Gasteiger partial charge < -0.3 is 5.73 Å². The summed E-state index contributed by atoms with van der Waals surface area (Å²) in [4.78, 5) is 0.735. The van der Waals surface area contributed by atoms with Crippen LogP contribution in [0.1, 0.15) is 22.0 Å². The van der Waals surface area contributed by atoms with Gasteiger partial charge in [-0.3, -0.25) is 0 Å². The lowest BCUT2D eigenvalue weighted by atomic mass is 10.0. The minimum Gasteiger partial charge on any atom is -0.320 e. The van der Waals surface area contributed by atoms with Gasteiger partial charge in [0.1, 0.15) is 0 Å². The summed E-state index contributed by atoms with van der Waals surface area (Å²) >= 11 is 7.04. The maximum atomic E-state index is 12.6. The smallest absolute Gasteiger partial charge is 0.320 e. The van der Waals surface area contributed by atoms with E-state index in [2.05, 4.69) is 0 Å². The SMILES string of the molecule is NC(c1cccc(C(F)(F)F)c1)c1ccc(Cl)s1. The predicted octanol–water partition coefficient (Wildman–Crippen LogP) is 4.47. The van der Waals surface area contributed by atoms with Gasteiger partial charge in [-0.25, -0.2) is 0 Å². The van der Waals surface area contributed by atoms with Crippen LogP contribution in [0.2, 0.25) is 4.34 Å². The Hall–Kier alpha value is -1.04. The van der Waals surface area contributed by atoms with Crippen LogP contribution < -0.4 is 5.73 Å². The fraction of sp³-hybridized carbons (Fsp3) is 0.167. The number of hydrogen-bond acceptors (Lipinski definition) is 2. The van der Waals surface area contributed by atoms with Crippen LogP contribution in [0.25, 0.3) is 0 Å². The second-order valence-corrected chi connectivity index (χ2v) is 5.49.